The van der Waals surface area contributed by atoms with Crippen molar-refractivity contribution in [3.8, 4) is 0 Å². The van der Waals surface area contributed by atoms with Crippen molar-refractivity contribution in [3.05, 3.63) is 54.0 Å². The average molecular weight is 409 g/mol. The van der Waals surface area contributed by atoms with Crippen LogP contribution in [-0.4, -0.2) is 41.1 Å². The van der Waals surface area contributed by atoms with Crippen molar-refractivity contribution in [1.29, 1.82) is 0 Å². The third-order valence-corrected chi connectivity index (χ3v) is 5.28. The Morgan fingerprint density at radius 3 is 2.61 bits per heavy atom. The van der Waals surface area contributed by atoms with Gasteiger partial charge in [0.1, 0.15) is 12.4 Å². The molecule has 2 rings (SSSR count). The smallest absolute Gasteiger partial charge is 0.240 e. The summed E-state index contributed by atoms with van der Waals surface area (Å²) in [6.07, 6.45) is 2.47. The number of ether oxygens (including phenoxy) is 1. The highest BCUT2D eigenvalue weighted by molar-refractivity contribution is 7.89. The van der Waals surface area contributed by atoms with E-state index >= 15 is 0 Å². The molecule has 0 spiro atoms. The van der Waals surface area contributed by atoms with Gasteiger partial charge in [0.05, 0.1) is 17.7 Å². The predicted molar refractivity (Wildman–Crippen MR) is 108 cm³/mol. The number of furan rings is 1. The summed E-state index contributed by atoms with van der Waals surface area (Å²) < 4.78 is 36.6. The van der Waals surface area contributed by atoms with Crippen molar-refractivity contribution in [2.24, 2.45) is 4.99 Å². The van der Waals surface area contributed by atoms with Crippen LogP contribution in [-0.2, 0) is 27.9 Å². The lowest BCUT2D eigenvalue weighted by Crippen LogP contribution is -2.38. The van der Waals surface area contributed by atoms with Crippen molar-refractivity contribution in [2.75, 3.05) is 26.7 Å². The molecule has 2 aromatic rings. The van der Waals surface area contributed by atoms with E-state index in [1.165, 1.54) is 7.05 Å². The monoisotopic (exact) mass is 408 g/mol. The van der Waals surface area contributed by atoms with E-state index < -0.39 is 10.0 Å². The summed E-state index contributed by atoms with van der Waals surface area (Å²) in [5.74, 6) is 1.52. The maximum atomic E-state index is 11.7. The van der Waals surface area contributed by atoms with Gasteiger partial charge in [0.15, 0.2) is 5.96 Å². The van der Waals surface area contributed by atoms with Crippen LogP contribution in [0.4, 0.5) is 0 Å². The molecule has 0 radical (unpaired) electrons. The molecule has 0 saturated carbocycles. The summed E-state index contributed by atoms with van der Waals surface area (Å²) in [7, 11) is -2.02. The van der Waals surface area contributed by atoms with Crippen LogP contribution in [0.2, 0.25) is 0 Å². The van der Waals surface area contributed by atoms with Gasteiger partial charge in [0.25, 0.3) is 0 Å². The lowest BCUT2D eigenvalue weighted by Gasteiger charge is -2.11. The minimum absolute atomic E-state index is 0.238. The maximum absolute atomic E-state index is 11.7. The van der Waals surface area contributed by atoms with Gasteiger partial charge in [-0.3, -0.25) is 0 Å². The number of sulfonamides is 1. The summed E-state index contributed by atoms with van der Waals surface area (Å²) in [4.78, 5) is 4.77. The summed E-state index contributed by atoms with van der Waals surface area (Å²) in [5, 5.41) is 6.45. The highest BCUT2D eigenvalue weighted by atomic mass is 32.2. The number of guanidine groups is 1. The molecule has 0 aliphatic heterocycles. The molecule has 9 heteroatoms. The van der Waals surface area contributed by atoms with Crippen LogP contribution in [0.1, 0.15) is 24.7 Å². The Balaban J connectivity index is 1.76. The van der Waals surface area contributed by atoms with E-state index in [9.17, 15) is 8.42 Å². The quantitative estimate of drug-likeness (QED) is 0.298. The molecule has 0 bridgehead atoms. The molecule has 1 heterocycles. The zero-order chi connectivity index (χ0) is 20.2. The standard InChI is InChI=1S/C19H28N4O4S/c1-3-21-19(22-11-5-12-26-15-17-6-4-13-27-17)23-14-16-7-9-18(10-8-16)28(24,25)20-2/h4,6-10,13,20H,3,5,11-12,14-15H2,1-2H3,(H2,21,22,23). The molecule has 1 aromatic heterocycles. The first-order valence-corrected chi connectivity index (χ1v) is 10.7. The number of aliphatic imine (C=N–C) groups is 1. The number of nitrogens with one attached hydrogen (secondary N) is 3. The minimum Gasteiger partial charge on any atom is -0.467 e. The van der Waals surface area contributed by atoms with E-state index in [1.54, 1.807) is 30.5 Å². The highest BCUT2D eigenvalue weighted by Crippen LogP contribution is 2.10. The van der Waals surface area contributed by atoms with Crippen LogP contribution in [0.5, 0.6) is 0 Å². The molecule has 154 valence electrons. The Morgan fingerprint density at radius 2 is 1.96 bits per heavy atom. The van der Waals surface area contributed by atoms with E-state index in [0.717, 1.165) is 30.8 Å². The summed E-state index contributed by atoms with van der Waals surface area (Å²) in [5.41, 5.74) is 0.925. The van der Waals surface area contributed by atoms with Crippen LogP contribution in [0.3, 0.4) is 0 Å². The van der Waals surface area contributed by atoms with Gasteiger partial charge >= 0.3 is 0 Å². The van der Waals surface area contributed by atoms with Gasteiger partial charge in [0, 0.05) is 19.7 Å². The van der Waals surface area contributed by atoms with Gasteiger partial charge in [-0.15, -0.1) is 0 Å². The molecule has 3 N–H and O–H groups in total. The van der Waals surface area contributed by atoms with Crippen molar-refractivity contribution in [3.63, 3.8) is 0 Å². The van der Waals surface area contributed by atoms with Gasteiger partial charge < -0.3 is 19.8 Å². The summed E-state index contributed by atoms with van der Waals surface area (Å²) in [6, 6.07) is 10.4. The second kappa shape index (κ2) is 11.5. The SMILES string of the molecule is CCNC(=NCc1ccc(S(=O)(=O)NC)cc1)NCCCOCc1ccco1. The van der Waals surface area contributed by atoms with Gasteiger partial charge in [-0.2, -0.15) is 0 Å². The normalized spacial score (nSPS) is 12.1. The van der Waals surface area contributed by atoms with Gasteiger partial charge in [-0.25, -0.2) is 18.1 Å². The van der Waals surface area contributed by atoms with Crippen LogP contribution in [0.25, 0.3) is 0 Å². The Morgan fingerprint density at radius 1 is 1.18 bits per heavy atom. The van der Waals surface area contributed by atoms with E-state index in [0.29, 0.717) is 25.7 Å². The molecule has 1 aromatic carbocycles. The fraction of sp³-hybridized carbons (Fsp3) is 0.421. The molecular formula is C19H28N4O4S. The third-order valence-electron chi connectivity index (χ3n) is 3.85. The minimum atomic E-state index is -3.42. The summed E-state index contributed by atoms with van der Waals surface area (Å²) >= 11 is 0. The van der Waals surface area contributed by atoms with E-state index in [1.807, 2.05) is 19.1 Å². The van der Waals surface area contributed by atoms with Crippen molar-refractivity contribution in [2.45, 2.75) is 31.4 Å². The molecule has 0 saturated heterocycles. The van der Waals surface area contributed by atoms with Crippen molar-refractivity contribution >= 4 is 16.0 Å². The Hall–Kier alpha value is -2.36. The lowest BCUT2D eigenvalue weighted by molar-refractivity contribution is 0.105. The average Bonchev–Trinajstić information content (AvgIpc) is 3.22. The largest absolute Gasteiger partial charge is 0.467 e. The number of rotatable bonds is 11. The van der Waals surface area contributed by atoms with Crippen LogP contribution in [0, 0.1) is 0 Å². The Bertz CT molecular complexity index is 818. The number of hydrogen-bond donors (Lipinski definition) is 3. The Labute approximate surface area is 166 Å². The third kappa shape index (κ3) is 7.34. The molecular weight excluding hydrogens is 380 g/mol. The first-order chi connectivity index (χ1) is 13.5. The summed E-state index contributed by atoms with van der Waals surface area (Å²) in [6.45, 7) is 5.02. The molecule has 0 aliphatic carbocycles. The van der Waals surface area contributed by atoms with Crippen LogP contribution in [0.15, 0.2) is 57.0 Å². The predicted octanol–water partition coefficient (Wildman–Crippen LogP) is 1.85. The van der Waals surface area contributed by atoms with E-state index in [4.69, 9.17) is 9.15 Å². The van der Waals surface area contributed by atoms with Gasteiger partial charge in [0.2, 0.25) is 10.0 Å². The van der Waals surface area contributed by atoms with E-state index in [-0.39, 0.29) is 4.90 Å². The zero-order valence-electron chi connectivity index (χ0n) is 16.3. The van der Waals surface area contributed by atoms with Crippen molar-refractivity contribution < 1.29 is 17.6 Å². The fourth-order valence-electron chi connectivity index (χ4n) is 2.35. The van der Waals surface area contributed by atoms with Crippen LogP contribution < -0.4 is 15.4 Å². The Kier molecular flexibility index (Phi) is 8.99. The molecule has 8 nitrogen and oxygen atoms in total. The first kappa shape index (κ1) is 21.9. The first-order valence-electron chi connectivity index (χ1n) is 9.20. The highest BCUT2D eigenvalue weighted by Gasteiger charge is 2.10. The lowest BCUT2D eigenvalue weighted by atomic mass is 10.2. The number of hydrogen-bond acceptors (Lipinski definition) is 5. The molecule has 28 heavy (non-hydrogen) atoms. The molecule has 0 atom stereocenters. The molecule has 0 unspecified atom stereocenters. The number of nitrogens with zero attached hydrogens (tertiary/aromatic N) is 1. The second-order valence-corrected chi connectivity index (χ2v) is 7.85. The van der Waals surface area contributed by atoms with Crippen LogP contribution >= 0.6 is 0 Å². The molecule has 0 fully saturated rings. The second-order valence-electron chi connectivity index (χ2n) is 5.96. The number of benzene rings is 1. The van der Waals surface area contributed by atoms with Crippen molar-refractivity contribution in [1.82, 2.24) is 15.4 Å². The van der Waals surface area contributed by atoms with Gasteiger partial charge in [-0.05, 0) is 50.2 Å². The van der Waals surface area contributed by atoms with E-state index in [2.05, 4.69) is 20.3 Å². The topological polar surface area (TPSA) is 105 Å². The zero-order valence-corrected chi connectivity index (χ0v) is 17.1. The molecule has 0 aliphatic rings. The van der Waals surface area contributed by atoms with Gasteiger partial charge in [-0.1, -0.05) is 12.1 Å². The maximum Gasteiger partial charge on any atom is 0.240 e. The molecule has 0 amide bonds. The fourth-order valence-corrected chi connectivity index (χ4v) is 3.08.